The summed E-state index contributed by atoms with van der Waals surface area (Å²) in [4.78, 5) is 22.2. The molecule has 25 heavy (non-hydrogen) atoms. The molecule has 6 nitrogen and oxygen atoms in total. The highest BCUT2D eigenvalue weighted by Crippen LogP contribution is 2.31. The second-order valence-electron chi connectivity index (χ2n) is 6.88. The summed E-state index contributed by atoms with van der Waals surface area (Å²) in [5.74, 6) is 1.31. The number of nitrogens with one attached hydrogen (secondary N) is 1. The largest absolute Gasteiger partial charge is 0.338 e. The Hall–Kier alpha value is -2.47. The van der Waals surface area contributed by atoms with E-state index in [1.807, 2.05) is 25.1 Å². The molecular formula is C19H22N4O2. The standard InChI is InChI=1S/C19H22N4O2/c1-12-6-7-16-14(9-12)10-15(18(24)21-16)11-23-8-4-3-5-17(23)19-20-13(2)22-25-19/h6-7,9-10,17H,3-5,8,11H2,1-2H3,(H,21,24). The number of aromatic nitrogens is 3. The van der Waals surface area contributed by atoms with Crippen molar-refractivity contribution in [3.63, 3.8) is 0 Å². The van der Waals surface area contributed by atoms with Gasteiger partial charge in [0.2, 0.25) is 5.89 Å². The van der Waals surface area contributed by atoms with E-state index in [-0.39, 0.29) is 11.6 Å². The molecule has 1 unspecified atom stereocenters. The van der Waals surface area contributed by atoms with Gasteiger partial charge in [-0.25, -0.2) is 0 Å². The van der Waals surface area contributed by atoms with Gasteiger partial charge in [0.25, 0.3) is 5.56 Å². The van der Waals surface area contributed by atoms with Crippen LogP contribution in [0.25, 0.3) is 10.9 Å². The first-order chi connectivity index (χ1) is 12.1. The third-order valence-electron chi connectivity index (χ3n) is 4.89. The van der Waals surface area contributed by atoms with Crippen LogP contribution in [0.15, 0.2) is 33.6 Å². The fraction of sp³-hybridized carbons (Fsp3) is 0.421. The summed E-state index contributed by atoms with van der Waals surface area (Å²) in [6, 6.07) is 8.16. The molecule has 0 bridgehead atoms. The quantitative estimate of drug-likeness (QED) is 0.793. The zero-order chi connectivity index (χ0) is 17.4. The van der Waals surface area contributed by atoms with Gasteiger partial charge in [-0.2, -0.15) is 4.98 Å². The fourth-order valence-corrected chi connectivity index (χ4v) is 3.62. The summed E-state index contributed by atoms with van der Waals surface area (Å²) in [6.45, 7) is 5.40. The lowest BCUT2D eigenvalue weighted by Crippen LogP contribution is -2.35. The lowest BCUT2D eigenvalue weighted by Gasteiger charge is -2.33. The van der Waals surface area contributed by atoms with Crippen LogP contribution >= 0.6 is 0 Å². The molecule has 4 rings (SSSR count). The Labute approximate surface area is 145 Å². The number of hydrogen-bond donors (Lipinski definition) is 1. The van der Waals surface area contributed by atoms with Crippen LogP contribution in [0, 0.1) is 13.8 Å². The Kier molecular flexibility index (Phi) is 4.13. The molecule has 3 aromatic rings. The van der Waals surface area contributed by atoms with Crippen molar-refractivity contribution in [2.75, 3.05) is 6.54 Å². The van der Waals surface area contributed by atoms with E-state index in [4.69, 9.17) is 4.52 Å². The molecule has 1 fully saturated rings. The Bertz CT molecular complexity index is 959. The van der Waals surface area contributed by atoms with Crippen molar-refractivity contribution in [1.29, 1.82) is 0 Å². The highest BCUT2D eigenvalue weighted by atomic mass is 16.5. The van der Waals surface area contributed by atoms with Crippen LogP contribution in [0.5, 0.6) is 0 Å². The van der Waals surface area contributed by atoms with Crippen LogP contribution in [0.2, 0.25) is 0 Å². The van der Waals surface area contributed by atoms with E-state index in [2.05, 4.69) is 33.0 Å². The number of aromatic amines is 1. The zero-order valence-electron chi connectivity index (χ0n) is 14.6. The molecule has 0 saturated carbocycles. The molecule has 0 radical (unpaired) electrons. The number of benzene rings is 1. The molecule has 1 N–H and O–H groups in total. The Morgan fingerprint density at radius 2 is 2.16 bits per heavy atom. The maximum Gasteiger partial charge on any atom is 0.252 e. The van der Waals surface area contributed by atoms with Crippen molar-refractivity contribution in [2.45, 2.75) is 45.7 Å². The lowest BCUT2D eigenvalue weighted by atomic mass is 10.0. The Morgan fingerprint density at radius 3 is 2.96 bits per heavy atom. The average molecular weight is 338 g/mol. The molecule has 1 aliphatic rings. The first kappa shape index (κ1) is 16.0. The van der Waals surface area contributed by atoms with Crippen molar-refractivity contribution >= 4 is 10.9 Å². The van der Waals surface area contributed by atoms with Gasteiger partial charge >= 0.3 is 0 Å². The van der Waals surface area contributed by atoms with E-state index in [0.717, 1.165) is 42.3 Å². The highest BCUT2D eigenvalue weighted by Gasteiger charge is 2.29. The van der Waals surface area contributed by atoms with Crippen molar-refractivity contribution in [1.82, 2.24) is 20.0 Å². The van der Waals surface area contributed by atoms with Gasteiger partial charge in [-0.1, -0.05) is 23.2 Å². The first-order valence-corrected chi connectivity index (χ1v) is 8.77. The molecule has 1 atom stereocenters. The topological polar surface area (TPSA) is 75.0 Å². The van der Waals surface area contributed by atoms with Crippen LogP contribution in [0.1, 0.15) is 48.1 Å². The minimum absolute atomic E-state index is 0.0256. The number of aryl methyl sites for hydroxylation is 2. The molecular weight excluding hydrogens is 316 g/mol. The van der Waals surface area contributed by atoms with Crippen molar-refractivity contribution < 1.29 is 4.52 Å². The predicted octanol–water partition coefficient (Wildman–Crippen LogP) is 3.26. The van der Waals surface area contributed by atoms with E-state index in [9.17, 15) is 4.79 Å². The first-order valence-electron chi connectivity index (χ1n) is 8.77. The van der Waals surface area contributed by atoms with Crippen molar-refractivity contribution in [2.24, 2.45) is 0 Å². The number of likely N-dealkylation sites (tertiary alicyclic amines) is 1. The molecule has 3 heterocycles. The van der Waals surface area contributed by atoms with E-state index in [1.165, 1.54) is 5.56 Å². The van der Waals surface area contributed by atoms with Crippen LogP contribution < -0.4 is 5.56 Å². The molecule has 0 spiro atoms. The number of nitrogens with zero attached hydrogens (tertiary/aromatic N) is 3. The van der Waals surface area contributed by atoms with Gasteiger partial charge in [0.05, 0.1) is 6.04 Å². The summed E-state index contributed by atoms with van der Waals surface area (Å²) >= 11 is 0. The summed E-state index contributed by atoms with van der Waals surface area (Å²) < 4.78 is 5.40. The maximum absolute atomic E-state index is 12.5. The Morgan fingerprint density at radius 1 is 1.28 bits per heavy atom. The third kappa shape index (κ3) is 3.22. The highest BCUT2D eigenvalue weighted by molar-refractivity contribution is 5.79. The molecule has 0 aliphatic carbocycles. The van der Waals surface area contributed by atoms with Crippen LogP contribution in [0.4, 0.5) is 0 Å². The van der Waals surface area contributed by atoms with Gasteiger partial charge < -0.3 is 9.51 Å². The second kappa shape index (κ2) is 6.44. The van der Waals surface area contributed by atoms with Gasteiger partial charge in [-0.05, 0) is 56.8 Å². The molecule has 1 saturated heterocycles. The minimum atomic E-state index is -0.0256. The maximum atomic E-state index is 12.5. The number of hydrogen-bond acceptors (Lipinski definition) is 5. The van der Waals surface area contributed by atoms with Gasteiger partial charge in [0.15, 0.2) is 5.82 Å². The molecule has 0 amide bonds. The Balaban J connectivity index is 1.66. The molecule has 130 valence electrons. The minimum Gasteiger partial charge on any atom is -0.338 e. The van der Waals surface area contributed by atoms with E-state index in [0.29, 0.717) is 18.3 Å². The van der Waals surface area contributed by atoms with Crippen LogP contribution in [0.3, 0.4) is 0 Å². The van der Waals surface area contributed by atoms with Crippen molar-refractivity contribution in [3.8, 4) is 0 Å². The van der Waals surface area contributed by atoms with E-state index < -0.39 is 0 Å². The van der Waals surface area contributed by atoms with Crippen LogP contribution in [-0.2, 0) is 6.54 Å². The summed E-state index contributed by atoms with van der Waals surface area (Å²) in [5.41, 5.74) is 2.81. The lowest BCUT2D eigenvalue weighted by molar-refractivity contribution is 0.111. The second-order valence-corrected chi connectivity index (χ2v) is 6.88. The third-order valence-corrected chi connectivity index (χ3v) is 4.89. The normalized spacial score (nSPS) is 18.7. The van der Waals surface area contributed by atoms with Crippen molar-refractivity contribution in [3.05, 3.63) is 57.5 Å². The number of rotatable bonds is 3. The SMILES string of the molecule is Cc1ccc2[nH]c(=O)c(CN3CCCCC3c3nc(C)no3)cc2c1. The summed E-state index contributed by atoms with van der Waals surface area (Å²) in [7, 11) is 0. The number of piperidine rings is 1. The number of H-pyrrole nitrogens is 1. The van der Waals surface area contributed by atoms with Crippen LogP contribution in [-0.4, -0.2) is 26.6 Å². The fourth-order valence-electron chi connectivity index (χ4n) is 3.62. The predicted molar refractivity (Wildman–Crippen MR) is 95.3 cm³/mol. The van der Waals surface area contributed by atoms with E-state index >= 15 is 0 Å². The summed E-state index contributed by atoms with van der Waals surface area (Å²) in [5, 5.41) is 4.99. The van der Waals surface area contributed by atoms with Gasteiger partial charge in [-0.3, -0.25) is 9.69 Å². The van der Waals surface area contributed by atoms with E-state index in [1.54, 1.807) is 0 Å². The molecule has 6 heteroatoms. The molecule has 2 aromatic heterocycles. The van der Waals surface area contributed by atoms with Gasteiger partial charge in [0, 0.05) is 17.6 Å². The molecule has 1 aliphatic heterocycles. The average Bonchev–Trinajstić information content (AvgIpc) is 3.03. The monoisotopic (exact) mass is 338 g/mol. The molecule has 1 aromatic carbocycles. The van der Waals surface area contributed by atoms with Gasteiger partial charge in [0.1, 0.15) is 0 Å². The van der Waals surface area contributed by atoms with Gasteiger partial charge in [-0.15, -0.1) is 0 Å². The summed E-state index contributed by atoms with van der Waals surface area (Å²) in [6.07, 6.45) is 3.23. The zero-order valence-corrected chi connectivity index (χ0v) is 14.6. The number of fused-ring (bicyclic) bond motifs is 1. The number of pyridine rings is 1. The smallest absolute Gasteiger partial charge is 0.252 e.